The topological polar surface area (TPSA) is 83.8 Å². The Labute approximate surface area is 101 Å². The highest BCUT2D eigenvalue weighted by Crippen LogP contribution is 2.24. The van der Waals surface area contributed by atoms with Gasteiger partial charge in [-0.25, -0.2) is 0 Å². The highest BCUT2D eigenvalue weighted by molar-refractivity contribution is 5.79. The van der Waals surface area contributed by atoms with Crippen molar-refractivity contribution in [3.05, 3.63) is 18.0 Å². The molecule has 1 saturated carbocycles. The summed E-state index contributed by atoms with van der Waals surface area (Å²) in [5.74, 6) is 0.196. The molecule has 1 heterocycles. The van der Waals surface area contributed by atoms with Crippen LogP contribution >= 0.6 is 0 Å². The zero-order chi connectivity index (χ0) is 12.3. The number of nitrogens with two attached hydrogens (primary N) is 1. The first-order valence-electron chi connectivity index (χ1n) is 6.21. The molecule has 0 bridgehead atoms. The number of hydrogen-bond acceptors (Lipinski definition) is 3. The van der Waals surface area contributed by atoms with E-state index in [0.29, 0.717) is 0 Å². The lowest BCUT2D eigenvalue weighted by Gasteiger charge is -2.26. The predicted molar refractivity (Wildman–Crippen MR) is 65.1 cm³/mol. The van der Waals surface area contributed by atoms with Crippen molar-refractivity contribution in [3.8, 4) is 0 Å². The SMILES string of the molecule is CC(NC(=O)C1CCCC(N)C1)c1cn[nH]c1. The molecule has 1 aliphatic carbocycles. The summed E-state index contributed by atoms with van der Waals surface area (Å²) < 4.78 is 0. The second-order valence-electron chi connectivity index (χ2n) is 4.89. The van der Waals surface area contributed by atoms with Gasteiger partial charge in [-0.05, 0) is 26.2 Å². The molecule has 0 radical (unpaired) electrons. The van der Waals surface area contributed by atoms with E-state index < -0.39 is 0 Å². The molecule has 1 fully saturated rings. The number of nitrogens with zero attached hydrogens (tertiary/aromatic N) is 1. The minimum Gasteiger partial charge on any atom is -0.349 e. The summed E-state index contributed by atoms with van der Waals surface area (Å²) in [5.41, 5.74) is 6.89. The van der Waals surface area contributed by atoms with Gasteiger partial charge in [0.15, 0.2) is 0 Å². The van der Waals surface area contributed by atoms with Crippen molar-refractivity contribution in [2.45, 2.75) is 44.7 Å². The Balaban J connectivity index is 1.88. The van der Waals surface area contributed by atoms with E-state index in [4.69, 9.17) is 5.73 Å². The molecule has 0 saturated heterocycles. The van der Waals surface area contributed by atoms with Crippen LogP contribution in [0.2, 0.25) is 0 Å². The highest BCUT2D eigenvalue weighted by atomic mass is 16.1. The Bertz CT molecular complexity index is 363. The lowest BCUT2D eigenvalue weighted by Crippen LogP contribution is -2.38. The average molecular weight is 236 g/mol. The number of amides is 1. The summed E-state index contributed by atoms with van der Waals surface area (Å²) in [6.45, 7) is 1.96. The van der Waals surface area contributed by atoms with E-state index in [9.17, 15) is 4.79 Å². The van der Waals surface area contributed by atoms with E-state index in [2.05, 4.69) is 15.5 Å². The molecule has 1 aromatic heterocycles. The van der Waals surface area contributed by atoms with Gasteiger partial charge in [0.25, 0.3) is 0 Å². The Kier molecular flexibility index (Phi) is 3.78. The fourth-order valence-corrected chi connectivity index (χ4v) is 2.38. The second kappa shape index (κ2) is 5.31. The number of H-pyrrole nitrogens is 1. The van der Waals surface area contributed by atoms with Gasteiger partial charge in [-0.15, -0.1) is 0 Å². The molecule has 0 spiro atoms. The molecule has 3 atom stereocenters. The molecular weight excluding hydrogens is 216 g/mol. The molecule has 1 aliphatic rings. The van der Waals surface area contributed by atoms with Crippen LogP contribution in [-0.4, -0.2) is 22.1 Å². The van der Waals surface area contributed by atoms with Gasteiger partial charge in [0.1, 0.15) is 0 Å². The van der Waals surface area contributed by atoms with Crippen LogP contribution in [0.5, 0.6) is 0 Å². The van der Waals surface area contributed by atoms with Gasteiger partial charge in [-0.2, -0.15) is 5.10 Å². The van der Waals surface area contributed by atoms with Crippen LogP contribution in [-0.2, 0) is 4.79 Å². The van der Waals surface area contributed by atoms with Crippen molar-refractivity contribution < 1.29 is 4.79 Å². The second-order valence-corrected chi connectivity index (χ2v) is 4.89. The van der Waals surface area contributed by atoms with Crippen LogP contribution in [0.4, 0.5) is 0 Å². The van der Waals surface area contributed by atoms with Gasteiger partial charge in [0.2, 0.25) is 5.91 Å². The van der Waals surface area contributed by atoms with Crippen LogP contribution in [0.15, 0.2) is 12.4 Å². The summed E-state index contributed by atoms with van der Waals surface area (Å²) in [4.78, 5) is 12.1. The lowest BCUT2D eigenvalue weighted by molar-refractivity contribution is -0.126. The van der Waals surface area contributed by atoms with Crippen LogP contribution in [0.25, 0.3) is 0 Å². The van der Waals surface area contributed by atoms with E-state index in [-0.39, 0.29) is 23.9 Å². The quantitative estimate of drug-likeness (QED) is 0.735. The first-order valence-corrected chi connectivity index (χ1v) is 6.21. The van der Waals surface area contributed by atoms with E-state index in [0.717, 1.165) is 31.2 Å². The third-order valence-corrected chi connectivity index (χ3v) is 3.46. The van der Waals surface area contributed by atoms with Gasteiger partial charge in [-0.1, -0.05) is 6.42 Å². The number of carbonyl (C=O) groups excluding carboxylic acids is 1. The van der Waals surface area contributed by atoms with Gasteiger partial charge >= 0.3 is 0 Å². The zero-order valence-corrected chi connectivity index (χ0v) is 10.1. The largest absolute Gasteiger partial charge is 0.349 e. The Hall–Kier alpha value is -1.36. The molecule has 5 heteroatoms. The Morgan fingerprint density at radius 2 is 2.47 bits per heavy atom. The van der Waals surface area contributed by atoms with E-state index in [1.54, 1.807) is 12.4 Å². The highest BCUT2D eigenvalue weighted by Gasteiger charge is 2.26. The van der Waals surface area contributed by atoms with Gasteiger partial charge in [-0.3, -0.25) is 9.89 Å². The summed E-state index contributed by atoms with van der Waals surface area (Å²) in [6.07, 6.45) is 7.40. The number of aromatic nitrogens is 2. The first kappa shape index (κ1) is 12.1. The standard InChI is InChI=1S/C12H20N4O/c1-8(10-6-14-15-7-10)16-12(17)9-3-2-4-11(13)5-9/h6-9,11H,2-5,13H2,1H3,(H,14,15)(H,16,17). The number of nitrogens with one attached hydrogen (secondary N) is 2. The van der Waals surface area contributed by atoms with Crippen molar-refractivity contribution in [1.82, 2.24) is 15.5 Å². The predicted octanol–water partition coefficient (Wildman–Crippen LogP) is 1.10. The molecule has 94 valence electrons. The summed E-state index contributed by atoms with van der Waals surface area (Å²) in [5, 5.41) is 9.65. The smallest absolute Gasteiger partial charge is 0.223 e. The Morgan fingerprint density at radius 1 is 1.65 bits per heavy atom. The number of hydrogen-bond donors (Lipinski definition) is 3. The monoisotopic (exact) mass is 236 g/mol. The number of carbonyl (C=O) groups is 1. The van der Waals surface area contributed by atoms with E-state index in [1.165, 1.54) is 0 Å². The fraction of sp³-hybridized carbons (Fsp3) is 0.667. The maximum absolute atomic E-state index is 12.1. The lowest BCUT2D eigenvalue weighted by atomic mass is 9.85. The minimum absolute atomic E-state index is 0.000555. The molecule has 5 nitrogen and oxygen atoms in total. The molecule has 17 heavy (non-hydrogen) atoms. The number of aromatic amines is 1. The maximum atomic E-state index is 12.1. The molecule has 0 aromatic carbocycles. The first-order chi connectivity index (χ1) is 8.16. The Morgan fingerprint density at radius 3 is 3.12 bits per heavy atom. The summed E-state index contributed by atoms with van der Waals surface area (Å²) in [6, 6.07) is 0.183. The van der Waals surface area contributed by atoms with Crippen LogP contribution in [0.3, 0.4) is 0 Å². The third-order valence-electron chi connectivity index (χ3n) is 3.46. The minimum atomic E-state index is -0.000555. The van der Waals surface area contributed by atoms with Crippen LogP contribution < -0.4 is 11.1 Å². The van der Waals surface area contributed by atoms with Crippen LogP contribution in [0.1, 0.15) is 44.2 Å². The summed E-state index contributed by atoms with van der Waals surface area (Å²) in [7, 11) is 0. The van der Waals surface area contributed by atoms with Crippen molar-refractivity contribution in [3.63, 3.8) is 0 Å². The van der Waals surface area contributed by atoms with Crippen molar-refractivity contribution in [1.29, 1.82) is 0 Å². The molecule has 0 aliphatic heterocycles. The maximum Gasteiger partial charge on any atom is 0.223 e. The molecule has 1 aromatic rings. The normalized spacial score (nSPS) is 26.5. The third kappa shape index (κ3) is 3.06. The average Bonchev–Trinajstić information content (AvgIpc) is 2.82. The zero-order valence-electron chi connectivity index (χ0n) is 10.1. The molecular formula is C12H20N4O. The van der Waals surface area contributed by atoms with Crippen molar-refractivity contribution in [2.24, 2.45) is 11.7 Å². The summed E-state index contributed by atoms with van der Waals surface area (Å²) >= 11 is 0. The molecule has 4 N–H and O–H groups in total. The molecule has 2 rings (SSSR count). The van der Waals surface area contributed by atoms with Gasteiger partial charge < -0.3 is 11.1 Å². The van der Waals surface area contributed by atoms with Crippen LogP contribution in [0, 0.1) is 5.92 Å². The van der Waals surface area contributed by atoms with Crippen molar-refractivity contribution >= 4 is 5.91 Å². The van der Waals surface area contributed by atoms with Gasteiger partial charge in [0.05, 0.1) is 12.2 Å². The fourth-order valence-electron chi connectivity index (χ4n) is 2.38. The molecule has 3 unspecified atom stereocenters. The van der Waals surface area contributed by atoms with Gasteiger partial charge in [0, 0.05) is 23.7 Å². The van der Waals surface area contributed by atoms with E-state index >= 15 is 0 Å². The van der Waals surface area contributed by atoms with E-state index in [1.807, 2.05) is 6.92 Å². The van der Waals surface area contributed by atoms with Crippen molar-refractivity contribution in [2.75, 3.05) is 0 Å². The number of rotatable bonds is 3. The molecule has 1 amide bonds.